The maximum Gasteiger partial charge on any atom is 0.222 e. The zero-order valence-electron chi connectivity index (χ0n) is 13.1. The second-order valence-corrected chi connectivity index (χ2v) is 7.19. The highest BCUT2D eigenvalue weighted by Crippen LogP contribution is 2.43. The lowest BCUT2D eigenvalue weighted by atomic mass is 9.72. The summed E-state index contributed by atoms with van der Waals surface area (Å²) in [6.45, 7) is 4.06. The fourth-order valence-electron chi connectivity index (χ4n) is 3.97. The Bertz CT molecular complexity index is 535. The molecule has 5 nitrogen and oxygen atoms in total. The van der Waals surface area contributed by atoms with Gasteiger partial charge < -0.3 is 4.90 Å². The van der Waals surface area contributed by atoms with Crippen LogP contribution < -0.4 is 0 Å². The second kappa shape index (κ2) is 5.61. The van der Waals surface area contributed by atoms with E-state index in [-0.39, 0.29) is 0 Å². The summed E-state index contributed by atoms with van der Waals surface area (Å²) >= 11 is 0. The van der Waals surface area contributed by atoms with E-state index in [1.807, 2.05) is 18.5 Å². The minimum Gasteiger partial charge on any atom is -0.339 e. The molecular formula is C17H24N4O. The van der Waals surface area contributed by atoms with E-state index in [1.165, 1.54) is 25.7 Å². The number of aromatic nitrogens is 2. The molecule has 0 aromatic carbocycles. The number of hydrogen-bond acceptors (Lipinski definition) is 4. The zero-order valence-corrected chi connectivity index (χ0v) is 13.1. The summed E-state index contributed by atoms with van der Waals surface area (Å²) in [6.07, 6.45) is 10.3. The lowest BCUT2D eigenvalue weighted by molar-refractivity contribution is -0.139. The number of nitrogens with zero attached hydrogens (tertiary/aromatic N) is 4. The van der Waals surface area contributed by atoms with E-state index < -0.39 is 0 Å². The molecule has 0 radical (unpaired) electrons. The smallest absolute Gasteiger partial charge is 0.222 e. The van der Waals surface area contributed by atoms with Gasteiger partial charge in [-0.3, -0.25) is 9.69 Å². The van der Waals surface area contributed by atoms with Crippen LogP contribution in [0.15, 0.2) is 18.5 Å². The van der Waals surface area contributed by atoms with Gasteiger partial charge in [0.2, 0.25) is 5.91 Å². The molecule has 1 aromatic heterocycles. The summed E-state index contributed by atoms with van der Waals surface area (Å²) in [6, 6.07) is 2.43. The van der Waals surface area contributed by atoms with Gasteiger partial charge in [-0.2, -0.15) is 0 Å². The van der Waals surface area contributed by atoms with E-state index >= 15 is 0 Å². The van der Waals surface area contributed by atoms with E-state index in [0.29, 0.717) is 17.4 Å². The van der Waals surface area contributed by atoms with Gasteiger partial charge >= 0.3 is 0 Å². The third-order valence-corrected chi connectivity index (χ3v) is 5.58. The summed E-state index contributed by atoms with van der Waals surface area (Å²) in [5, 5.41) is 0. The SMILES string of the molecule is O=C1CCC2(CCN(Cc3ncccn3)CC2)CN1C1CC1. The molecule has 3 aliphatic rings. The van der Waals surface area contributed by atoms with Crippen LogP contribution in [0.3, 0.4) is 0 Å². The van der Waals surface area contributed by atoms with Crippen molar-refractivity contribution in [1.29, 1.82) is 0 Å². The Hall–Kier alpha value is -1.49. The highest BCUT2D eigenvalue weighted by molar-refractivity contribution is 5.77. The maximum atomic E-state index is 12.1. The molecule has 0 bridgehead atoms. The molecule has 2 saturated heterocycles. The molecule has 1 aromatic rings. The lowest BCUT2D eigenvalue weighted by Crippen LogP contribution is -2.52. The van der Waals surface area contributed by atoms with Crippen LogP contribution in [0.4, 0.5) is 0 Å². The van der Waals surface area contributed by atoms with Gasteiger partial charge in [0, 0.05) is 31.4 Å². The number of rotatable bonds is 3. The van der Waals surface area contributed by atoms with E-state index in [1.54, 1.807) is 0 Å². The molecule has 1 amide bonds. The first-order valence-corrected chi connectivity index (χ1v) is 8.52. The summed E-state index contributed by atoms with van der Waals surface area (Å²) in [5.74, 6) is 1.31. The van der Waals surface area contributed by atoms with E-state index in [0.717, 1.165) is 44.8 Å². The lowest BCUT2D eigenvalue weighted by Gasteiger charge is -2.47. The van der Waals surface area contributed by atoms with Crippen LogP contribution in [0.25, 0.3) is 0 Å². The molecule has 3 heterocycles. The number of likely N-dealkylation sites (tertiary alicyclic amines) is 2. The highest BCUT2D eigenvalue weighted by Gasteiger charge is 2.44. The first-order chi connectivity index (χ1) is 10.7. The fraction of sp³-hybridized carbons (Fsp3) is 0.706. The van der Waals surface area contributed by atoms with Gasteiger partial charge in [0.1, 0.15) is 5.82 Å². The molecule has 1 aliphatic carbocycles. The number of piperidine rings is 2. The van der Waals surface area contributed by atoms with Crippen LogP contribution in [-0.4, -0.2) is 51.4 Å². The van der Waals surface area contributed by atoms with E-state index in [2.05, 4.69) is 19.8 Å². The number of carbonyl (C=O) groups is 1. The maximum absolute atomic E-state index is 12.1. The Morgan fingerprint density at radius 1 is 1.14 bits per heavy atom. The molecule has 0 N–H and O–H groups in total. The van der Waals surface area contributed by atoms with E-state index in [4.69, 9.17) is 0 Å². The third kappa shape index (κ3) is 2.86. The molecule has 4 rings (SSSR count). The monoisotopic (exact) mass is 300 g/mol. The van der Waals surface area contributed by atoms with Crippen LogP contribution >= 0.6 is 0 Å². The van der Waals surface area contributed by atoms with Crippen molar-refractivity contribution < 1.29 is 4.79 Å². The summed E-state index contributed by atoms with van der Waals surface area (Å²) in [7, 11) is 0. The second-order valence-electron chi connectivity index (χ2n) is 7.19. The molecular weight excluding hydrogens is 276 g/mol. The van der Waals surface area contributed by atoms with Crippen LogP contribution in [0, 0.1) is 5.41 Å². The first-order valence-electron chi connectivity index (χ1n) is 8.52. The Balaban J connectivity index is 1.36. The molecule has 118 valence electrons. The average molecular weight is 300 g/mol. The van der Waals surface area contributed by atoms with E-state index in [9.17, 15) is 4.79 Å². The van der Waals surface area contributed by atoms with Gasteiger partial charge in [-0.05, 0) is 56.7 Å². The van der Waals surface area contributed by atoms with Crippen molar-refractivity contribution in [3.8, 4) is 0 Å². The van der Waals surface area contributed by atoms with Gasteiger partial charge in [0.05, 0.1) is 6.54 Å². The predicted molar refractivity (Wildman–Crippen MR) is 82.9 cm³/mol. The van der Waals surface area contributed by atoms with Crippen LogP contribution in [0.2, 0.25) is 0 Å². The summed E-state index contributed by atoms with van der Waals surface area (Å²) < 4.78 is 0. The Labute approximate surface area is 131 Å². The number of carbonyl (C=O) groups excluding carboxylic acids is 1. The summed E-state index contributed by atoms with van der Waals surface area (Å²) in [4.78, 5) is 25.4. The highest BCUT2D eigenvalue weighted by atomic mass is 16.2. The average Bonchev–Trinajstić information content (AvgIpc) is 3.38. The van der Waals surface area contributed by atoms with Gasteiger partial charge in [-0.25, -0.2) is 9.97 Å². The standard InChI is InChI=1S/C17H24N4O/c22-16-4-5-17(13-21(16)14-2-3-14)6-10-20(11-7-17)12-15-18-8-1-9-19-15/h1,8-9,14H,2-7,10-13H2. The van der Waals surface area contributed by atoms with Crippen molar-refractivity contribution >= 4 is 5.91 Å². The molecule has 0 unspecified atom stereocenters. The fourth-order valence-corrected chi connectivity index (χ4v) is 3.97. The quantitative estimate of drug-likeness (QED) is 0.855. The third-order valence-electron chi connectivity index (χ3n) is 5.58. The van der Waals surface area contributed by atoms with Crippen molar-refractivity contribution in [2.45, 2.75) is 51.1 Å². The van der Waals surface area contributed by atoms with Crippen molar-refractivity contribution in [3.63, 3.8) is 0 Å². The molecule has 2 aliphatic heterocycles. The van der Waals surface area contributed by atoms with Gasteiger partial charge in [0.25, 0.3) is 0 Å². The molecule has 3 fully saturated rings. The van der Waals surface area contributed by atoms with Gasteiger partial charge in [-0.15, -0.1) is 0 Å². The Kier molecular flexibility index (Phi) is 3.60. The normalized spacial score (nSPS) is 25.6. The van der Waals surface area contributed by atoms with Crippen LogP contribution in [-0.2, 0) is 11.3 Å². The predicted octanol–water partition coefficient (Wildman–Crippen LogP) is 1.84. The van der Waals surface area contributed by atoms with Gasteiger partial charge in [-0.1, -0.05) is 0 Å². The molecule has 1 saturated carbocycles. The minimum atomic E-state index is 0.380. The van der Waals surface area contributed by atoms with Crippen molar-refractivity contribution in [2.24, 2.45) is 5.41 Å². The van der Waals surface area contributed by atoms with Gasteiger partial charge in [0.15, 0.2) is 0 Å². The first kappa shape index (κ1) is 14.1. The van der Waals surface area contributed by atoms with Crippen molar-refractivity contribution in [2.75, 3.05) is 19.6 Å². The van der Waals surface area contributed by atoms with Crippen molar-refractivity contribution in [3.05, 3.63) is 24.3 Å². The summed E-state index contributed by atoms with van der Waals surface area (Å²) in [5.41, 5.74) is 0.380. The van der Waals surface area contributed by atoms with Crippen molar-refractivity contribution in [1.82, 2.24) is 19.8 Å². The number of hydrogen-bond donors (Lipinski definition) is 0. The zero-order chi connectivity index (χ0) is 15.0. The molecule has 0 atom stereocenters. The topological polar surface area (TPSA) is 49.3 Å². The molecule has 1 spiro atoms. The number of amides is 1. The largest absolute Gasteiger partial charge is 0.339 e. The van der Waals surface area contributed by atoms with Crippen LogP contribution in [0.5, 0.6) is 0 Å². The van der Waals surface area contributed by atoms with Crippen LogP contribution in [0.1, 0.15) is 44.3 Å². The Morgan fingerprint density at radius 3 is 2.55 bits per heavy atom. The Morgan fingerprint density at radius 2 is 1.86 bits per heavy atom. The molecule has 5 heteroatoms. The minimum absolute atomic E-state index is 0.380. The molecule has 22 heavy (non-hydrogen) atoms.